The maximum absolute atomic E-state index is 12.4. The third-order valence-corrected chi connectivity index (χ3v) is 4.94. The van der Waals surface area contributed by atoms with E-state index in [0.717, 1.165) is 11.5 Å². The molecular weight excluding hydrogens is 382 g/mol. The molecule has 0 saturated carbocycles. The minimum atomic E-state index is -0.0423. The number of hydrogen-bond donors (Lipinski definition) is 0. The zero-order chi connectivity index (χ0) is 19.5. The van der Waals surface area contributed by atoms with Crippen molar-refractivity contribution >= 4 is 34.5 Å². The molecule has 0 aliphatic carbocycles. The Hall–Kier alpha value is -2.94. The van der Waals surface area contributed by atoms with Crippen LogP contribution >= 0.6 is 11.6 Å². The number of piperazine rings is 1. The van der Waals surface area contributed by atoms with Crippen LogP contribution in [0.3, 0.4) is 0 Å². The first kappa shape index (κ1) is 18.4. The van der Waals surface area contributed by atoms with E-state index in [0.29, 0.717) is 49.0 Å². The molecule has 0 atom stereocenters. The summed E-state index contributed by atoms with van der Waals surface area (Å²) in [5, 5.41) is 8.98. The second kappa shape index (κ2) is 7.97. The summed E-state index contributed by atoms with van der Waals surface area (Å²) in [6, 6.07) is 6.96. The predicted octanol–water partition coefficient (Wildman–Crippen LogP) is 1.62. The van der Waals surface area contributed by atoms with E-state index in [2.05, 4.69) is 25.2 Å². The molecule has 4 rings (SSSR count). The highest BCUT2D eigenvalue weighted by molar-refractivity contribution is 6.30. The molecule has 1 saturated heterocycles. The van der Waals surface area contributed by atoms with E-state index < -0.39 is 0 Å². The topological polar surface area (TPSA) is 89.3 Å². The Morgan fingerprint density at radius 1 is 1.14 bits per heavy atom. The average Bonchev–Trinajstić information content (AvgIpc) is 3.16. The Morgan fingerprint density at radius 2 is 1.89 bits per heavy atom. The van der Waals surface area contributed by atoms with Crippen LogP contribution in [0.1, 0.15) is 6.92 Å². The van der Waals surface area contributed by atoms with E-state index >= 15 is 0 Å². The van der Waals surface area contributed by atoms with Crippen LogP contribution < -0.4 is 9.64 Å². The number of carbonyl (C=O) groups is 1. The fourth-order valence-electron chi connectivity index (χ4n) is 3.16. The summed E-state index contributed by atoms with van der Waals surface area (Å²) in [6.45, 7) is 5.21. The second-order valence-electron chi connectivity index (χ2n) is 6.39. The Morgan fingerprint density at radius 3 is 2.61 bits per heavy atom. The molecule has 2 aromatic heterocycles. The molecule has 0 bridgehead atoms. The van der Waals surface area contributed by atoms with Crippen LogP contribution in [0.25, 0.3) is 11.2 Å². The Kier molecular flexibility index (Phi) is 5.25. The van der Waals surface area contributed by atoms with Gasteiger partial charge in [-0.2, -0.15) is 0 Å². The largest absolute Gasteiger partial charge is 0.484 e. The lowest BCUT2D eigenvalue weighted by molar-refractivity contribution is -0.133. The number of anilines is 1. The van der Waals surface area contributed by atoms with Crippen molar-refractivity contribution in [2.75, 3.05) is 37.7 Å². The van der Waals surface area contributed by atoms with Crippen molar-refractivity contribution in [3.63, 3.8) is 0 Å². The smallest absolute Gasteiger partial charge is 0.260 e. The van der Waals surface area contributed by atoms with Crippen molar-refractivity contribution in [3.05, 3.63) is 35.6 Å². The maximum Gasteiger partial charge on any atom is 0.260 e. The highest BCUT2D eigenvalue weighted by Gasteiger charge is 2.24. The van der Waals surface area contributed by atoms with Gasteiger partial charge >= 0.3 is 0 Å². The number of halogens is 1. The van der Waals surface area contributed by atoms with Crippen molar-refractivity contribution in [1.82, 2.24) is 29.9 Å². The molecule has 1 fully saturated rings. The number of aryl methyl sites for hydroxylation is 1. The molecule has 0 unspecified atom stereocenters. The van der Waals surface area contributed by atoms with Gasteiger partial charge in [0.25, 0.3) is 5.91 Å². The average molecular weight is 402 g/mol. The van der Waals surface area contributed by atoms with Crippen LogP contribution in [-0.4, -0.2) is 68.6 Å². The van der Waals surface area contributed by atoms with Crippen molar-refractivity contribution in [2.45, 2.75) is 13.5 Å². The Bertz CT molecular complexity index is 968. The fourth-order valence-corrected chi connectivity index (χ4v) is 3.29. The summed E-state index contributed by atoms with van der Waals surface area (Å²) >= 11 is 5.85. The third-order valence-electron chi connectivity index (χ3n) is 4.69. The molecule has 9 nitrogen and oxygen atoms in total. The van der Waals surface area contributed by atoms with Gasteiger partial charge in [-0.25, -0.2) is 14.6 Å². The van der Waals surface area contributed by atoms with Gasteiger partial charge in [-0.15, -0.1) is 5.10 Å². The number of rotatable bonds is 5. The monoisotopic (exact) mass is 401 g/mol. The molecular formula is C18H20ClN7O2. The van der Waals surface area contributed by atoms with Crippen molar-refractivity contribution < 1.29 is 9.53 Å². The SMILES string of the molecule is CCn1nnc2c(N3CCN(C(=O)COc4ccc(Cl)cc4)CC3)ncnc21. The number of amides is 1. The highest BCUT2D eigenvalue weighted by Crippen LogP contribution is 2.22. The predicted molar refractivity (Wildman–Crippen MR) is 105 cm³/mol. The number of benzene rings is 1. The van der Waals surface area contributed by atoms with Gasteiger partial charge in [-0.05, 0) is 31.2 Å². The standard InChI is InChI=1S/C18H20ClN7O2/c1-2-26-18-16(22-23-26)17(20-12-21-18)25-9-7-24(8-10-25)15(27)11-28-14-5-3-13(19)4-6-14/h3-6,12H,2,7-11H2,1H3. The lowest BCUT2D eigenvalue weighted by Gasteiger charge is -2.35. The fraction of sp³-hybridized carbons (Fsp3) is 0.389. The maximum atomic E-state index is 12.4. The first-order valence-corrected chi connectivity index (χ1v) is 9.49. The van der Waals surface area contributed by atoms with Gasteiger partial charge < -0.3 is 14.5 Å². The van der Waals surface area contributed by atoms with Crippen LogP contribution in [-0.2, 0) is 11.3 Å². The van der Waals surface area contributed by atoms with Gasteiger partial charge in [0, 0.05) is 37.7 Å². The molecule has 0 N–H and O–H groups in total. The minimum absolute atomic E-state index is 0.00418. The summed E-state index contributed by atoms with van der Waals surface area (Å²) in [5.74, 6) is 1.34. The van der Waals surface area contributed by atoms with E-state index in [1.807, 2.05) is 6.92 Å². The van der Waals surface area contributed by atoms with Crippen LogP contribution in [0.15, 0.2) is 30.6 Å². The van der Waals surface area contributed by atoms with Crippen LogP contribution in [0.5, 0.6) is 5.75 Å². The molecule has 3 aromatic rings. The van der Waals surface area contributed by atoms with Gasteiger partial charge in [-0.1, -0.05) is 16.8 Å². The molecule has 1 aliphatic heterocycles. The Labute approximate surface area is 166 Å². The molecule has 3 heterocycles. The summed E-state index contributed by atoms with van der Waals surface area (Å²) in [5.41, 5.74) is 1.41. The van der Waals surface area contributed by atoms with Gasteiger partial charge in [-0.3, -0.25) is 4.79 Å². The second-order valence-corrected chi connectivity index (χ2v) is 6.82. The minimum Gasteiger partial charge on any atom is -0.484 e. The van der Waals surface area contributed by atoms with Crippen LogP contribution in [0, 0.1) is 0 Å². The highest BCUT2D eigenvalue weighted by atomic mass is 35.5. The zero-order valence-corrected chi connectivity index (χ0v) is 16.2. The normalized spacial score (nSPS) is 14.5. The molecule has 10 heteroatoms. The molecule has 0 radical (unpaired) electrons. The number of carbonyl (C=O) groups excluding carboxylic acids is 1. The molecule has 1 aromatic carbocycles. The quantitative estimate of drug-likeness (QED) is 0.641. The molecule has 1 amide bonds. The molecule has 0 spiro atoms. The van der Waals surface area contributed by atoms with Gasteiger partial charge in [0.15, 0.2) is 23.6 Å². The molecule has 146 valence electrons. The summed E-state index contributed by atoms with van der Waals surface area (Å²) in [6.07, 6.45) is 1.53. The van der Waals surface area contributed by atoms with E-state index in [-0.39, 0.29) is 12.5 Å². The van der Waals surface area contributed by atoms with Crippen LogP contribution in [0.4, 0.5) is 5.82 Å². The van der Waals surface area contributed by atoms with Crippen molar-refractivity contribution in [2.24, 2.45) is 0 Å². The van der Waals surface area contributed by atoms with E-state index in [1.165, 1.54) is 6.33 Å². The lowest BCUT2D eigenvalue weighted by atomic mass is 10.3. The zero-order valence-electron chi connectivity index (χ0n) is 15.5. The number of fused-ring (bicyclic) bond motifs is 1. The number of aromatic nitrogens is 5. The lowest BCUT2D eigenvalue weighted by Crippen LogP contribution is -2.50. The first-order valence-electron chi connectivity index (χ1n) is 9.11. The van der Waals surface area contributed by atoms with E-state index in [9.17, 15) is 4.79 Å². The van der Waals surface area contributed by atoms with E-state index in [4.69, 9.17) is 16.3 Å². The number of hydrogen-bond acceptors (Lipinski definition) is 7. The van der Waals surface area contributed by atoms with Crippen molar-refractivity contribution in [3.8, 4) is 5.75 Å². The van der Waals surface area contributed by atoms with E-state index in [1.54, 1.807) is 33.8 Å². The van der Waals surface area contributed by atoms with Crippen molar-refractivity contribution in [1.29, 1.82) is 0 Å². The third kappa shape index (κ3) is 3.70. The summed E-state index contributed by atoms with van der Waals surface area (Å²) < 4.78 is 7.30. The van der Waals surface area contributed by atoms with Gasteiger partial charge in [0.2, 0.25) is 0 Å². The Balaban J connectivity index is 1.36. The van der Waals surface area contributed by atoms with Crippen LogP contribution in [0.2, 0.25) is 5.02 Å². The molecule has 1 aliphatic rings. The number of nitrogens with zero attached hydrogens (tertiary/aromatic N) is 7. The van der Waals surface area contributed by atoms with Gasteiger partial charge in [0.05, 0.1) is 0 Å². The molecule has 28 heavy (non-hydrogen) atoms. The first-order chi connectivity index (χ1) is 13.7. The van der Waals surface area contributed by atoms with Gasteiger partial charge in [0.1, 0.15) is 12.1 Å². The number of ether oxygens (including phenoxy) is 1. The summed E-state index contributed by atoms with van der Waals surface area (Å²) in [7, 11) is 0. The summed E-state index contributed by atoms with van der Waals surface area (Å²) in [4.78, 5) is 25.0.